The van der Waals surface area contributed by atoms with E-state index in [2.05, 4.69) is 27.8 Å². The molecule has 1 atom stereocenters. The van der Waals surface area contributed by atoms with Gasteiger partial charge in [-0.3, -0.25) is 4.79 Å². The van der Waals surface area contributed by atoms with Crippen LogP contribution in [0.3, 0.4) is 0 Å². The second-order valence-electron chi connectivity index (χ2n) is 5.81. The summed E-state index contributed by atoms with van der Waals surface area (Å²) >= 11 is 0. The Balaban J connectivity index is 1.81. The molecule has 1 aromatic rings. The summed E-state index contributed by atoms with van der Waals surface area (Å²) in [5.41, 5.74) is 1.44. The average Bonchev–Trinajstić information content (AvgIpc) is 2.56. The van der Waals surface area contributed by atoms with Crippen LogP contribution >= 0.6 is 0 Å². The fraction of sp³-hybridized carbons (Fsp3) is 0.529. The van der Waals surface area contributed by atoms with E-state index in [0.717, 1.165) is 38.2 Å². The maximum atomic E-state index is 12.1. The zero-order valence-corrected chi connectivity index (χ0v) is 13.9. The van der Waals surface area contributed by atoms with Crippen LogP contribution in [0.2, 0.25) is 0 Å². The fourth-order valence-corrected chi connectivity index (χ4v) is 2.70. The number of urea groups is 1. The van der Waals surface area contributed by atoms with Crippen molar-refractivity contribution >= 4 is 23.3 Å². The van der Waals surface area contributed by atoms with E-state index in [-0.39, 0.29) is 18.0 Å². The van der Waals surface area contributed by atoms with E-state index in [0.29, 0.717) is 12.1 Å². The van der Waals surface area contributed by atoms with E-state index in [1.165, 1.54) is 0 Å². The SMILES string of the molecule is CCC(=O)Nc1ccc(NC(=O)N[C@H]2CCCN(CC)C2)cc1. The minimum absolute atomic E-state index is 0.0266. The van der Waals surface area contributed by atoms with Crippen LogP contribution in [0.15, 0.2) is 24.3 Å². The Morgan fingerprint density at radius 3 is 2.39 bits per heavy atom. The van der Waals surface area contributed by atoms with Crippen molar-refractivity contribution in [2.45, 2.75) is 39.2 Å². The zero-order valence-electron chi connectivity index (χ0n) is 13.9. The molecular formula is C17H26N4O2. The van der Waals surface area contributed by atoms with Crippen LogP contribution in [0.4, 0.5) is 16.2 Å². The molecule has 1 fully saturated rings. The summed E-state index contributed by atoms with van der Waals surface area (Å²) in [7, 11) is 0. The first-order valence-corrected chi connectivity index (χ1v) is 8.30. The molecule has 2 rings (SSSR count). The van der Waals surface area contributed by atoms with Gasteiger partial charge in [0.05, 0.1) is 0 Å². The van der Waals surface area contributed by atoms with Gasteiger partial charge in [-0.1, -0.05) is 13.8 Å². The van der Waals surface area contributed by atoms with Crippen LogP contribution < -0.4 is 16.0 Å². The van der Waals surface area contributed by atoms with E-state index in [1.807, 2.05) is 0 Å². The Morgan fingerprint density at radius 1 is 1.13 bits per heavy atom. The quantitative estimate of drug-likeness (QED) is 0.781. The lowest BCUT2D eigenvalue weighted by Crippen LogP contribution is -2.48. The highest BCUT2D eigenvalue weighted by Crippen LogP contribution is 2.14. The summed E-state index contributed by atoms with van der Waals surface area (Å²) in [4.78, 5) is 25.7. The van der Waals surface area contributed by atoms with Crippen molar-refractivity contribution in [1.29, 1.82) is 0 Å². The van der Waals surface area contributed by atoms with Crippen molar-refractivity contribution in [3.8, 4) is 0 Å². The molecule has 1 aliphatic rings. The average molecular weight is 318 g/mol. The molecule has 0 aliphatic carbocycles. The molecule has 3 amide bonds. The van der Waals surface area contributed by atoms with Crippen molar-refractivity contribution in [3.63, 3.8) is 0 Å². The van der Waals surface area contributed by atoms with Crippen LogP contribution in [0.1, 0.15) is 33.1 Å². The van der Waals surface area contributed by atoms with Gasteiger partial charge in [-0.25, -0.2) is 4.79 Å². The highest BCUT2D eigenvalue weighted by atomic mass is 16.2. The van der Waals surface area contributed by atoms with Gasteiger partial charge >= 0.3 is 6.03 Å². The lowest BCUT2D eigenvalue weighted by atomic mass is 10.1. The third-order valence-corrected chi connectivity index (χ3v) is 4.04. The second-order valence-corrected chi connectivity index (χ2v) is 5.81. The van der Waals surface area contributed by atoms with E-state index < -0.39 is 0 Å². The van der Waals surface area contributed by atoms with Gasteiger partial charge in [-0.05, 0) is 50.2 Å². The van der Waals surface area contributed by atoms with Crippen molar-refractivity contribution in [2.75, 3.05) is 30.3 Å². The number of piperidine rings is 1. The Bertz CT molecular complexity index is 530. The van der Waals surface area contributed by atoms with Gasteiger partial charge in [0.2, 0.25) is 5.91 Å². The van der Waals surface area contributed by atoms with Crippen LogP contribution in [-0.2, 0) is 4.79 Å². The largest absolute Gasteiger partial charge is 0.334 e. The minimum Gasteiger partial charge on any atom is -0.334 e. The highest BCUT2D eigenvalue weighted by molar-refractivity contribution is 5.92. The third kappa shape index (κ3) is 5.56. The van der Waals surface area contributed by atoms with Crippen molar-refractivity contribution < 1.29 is 9.59 Å². The topological polar surface area (TPSA) is 73.5 Å². The van der Waals surface area contributed by atoms with Crippen LogP contribution in [0.25, 0.3) is 0 Å². The Morgan fingerprint density at radius 2 is 1.78 bits per heavy atom. The van der Waals surface area contributed by atoms with Gasteiger partial charge in [0, 0.05) is 30.4 Å². The first kappa shape index (κ1) is 17.3. The third-order valence-electron chi connectivity index (χ3n) is 4.04. The van der Waals surface area contributed by atoms with E-state index >= 15 is 0 Å². The maximum absolute atomic E-state index is 12.1. The molecule has 1 aromatic carbocycles. The predicted octanol–water partition coefficient (Wildman–Crippen LogP) is 2.64. The standard InChI is InChI=1S/C17H26N4O2/c1-3-16(22)18-13-7-9-14(10-8-13)19-17(23)20-15-6-5-11-21(4-2)12-15/h7-10,15H,3-6,11-12H2,1-2H3,(H,18,22)(H2,19,20,23)/t15-/m0/s1. The first-order chi connectivity index (χ1) is 11.1. The number of hydrogen-bond donors (Lipinski definition) is 3. The molecule has 0 unspecified atom stereocenters. The predicted molar refractivity (Wildman–Crippen MR) is 92.7 cm³/mol. The second kappa shape index (κ2) is 8.53. The Labute approximate surface area is 137 Å². The molecule has 6 heteroatoms. The van der Waals surface area contributed by atoms with Crippen molar-refractivity contribution in [2.24, 2.45) is 0 Å². The number of hydrogen-bond acceptors (Lipinski definition) is 3. The molecule has 1 saturated heterocycles. The van der Waals surface area contributed by atoms with E-state index in [1.54, 1.807) is 31.2 Å². The number of anilines is 2. The molecule has 0 spiro atoms. The van der Waals surface area contributed by atoms with Crippen molar-refractivity contribution in [1.82, 2.24) is 10.2 Å². The summed E-state index contributed by atoms with van der Waals surface area (Å²) in [6, 6.07) is 7.14. The van der Waals surface area contributed by atoms with Gasteiger partial charge in [0.1, 0.15) is 0 Å². The zero-order chi connectivity index (χ0) is 16.7. The smallest absolute Gasteiger partial charge is 0.319 e. The number of carbonyl (C=O) groups is 2. The van der Waals surface area contributed by atoms with Crippen molar-refractivity contribution in [3.05, 3.63) is 24.3 Å². The molecule has 0 saturated carbocycles. The highest BCUT2D eigenvalue weighted by Gasteiger charge is 2.20. The van der Waals surface area contributed by atoms with Crippen LogP contribution in [0.5, 0.6) is 0 Å². The Kier molecular flexibility index (Phi) is 6.40. The number of benzene rings is 1. The summed E-state index contributed by atoms with van der Waals surface area (Å²) in [5, 5.41) is 8.64. The van der Waals surface area contributed by atoms with Crippen LogP contribution in [-0.4, -0.2) is 42.5 Å². The number of nitrogens with one attached hydrogen (secondary N) is 3. The fourth-order valence-electron chi connectivity index (χ4n) is 2.70. The lowest BCUT2D eigenvalue weighted by Gasteiger charge is -2.32. The normalized spacial score (nSPS) is 18.3. The van der Waals surface area contributed by atoms with Gasteiger partial charge < -0.3 is 20.9 Å². The number of likely N-dealkylation sites (N-methyl/N-ethyl adjacent to an activating group) is 1. The van der Waals surface area contributed by atoms with Gasteiger partial charge in [-0.15, -0.1) is 0 Å². The number of amides is 3. The van der Waals surface area contributed by atoms with E-state index in [9.17, 15) is 9.59 Å². The lowest BCUT2D eigenvalue weighted by molar-refractivity contribution is -0.115. The molecule has 0 bridgehead atoms. The molecule has 6 nitrogen and oxygen atoms in total. The molecule has 1 heterocycles. The monoisotopic (exact) mass is 318 g/mol. The number of carbonyl (C=O) groups excluding carboxylic acids is 2. The molecular weight excluding hydrogens is 292 g/mol. The molecule has 3 N–H and O–H groups in total. The summed E-state index contributed by atoms with van der Waals surface area (Å²) < 4.78 is 0. The molecule has 23 heavy (non-hydrogen) atoms. The molecule has 0 aromatic heterocycles. The minimum atomic E-state index is -0.182. The summed E-state index contributed by atoms with van der Waals surface area (Å²) in [6.45, 7) is 6.99. The van der Waals surface area contributed by atoms with Gasteiger partial charge in [0.25, 0.3) is 0 Å². The molecule has 126 valence electrons. The number of nitrogens with zero attached hydrogens (tertiary/aromatic N) is 1. The summed E-state index contributed by atoms with van der Waals surface area (Å²) in [5.74, 6) is -0.0266. The Hall–Kier alpha value is -2.08. The number of rotatable bonds is 5. The first-order valence-electron chi connectivity index (χ1n) is 8.30. The maximum Gasteiger partial charge on any atom is 0.319 e. The summed E-state index contributed by atoms with van der Waals surface area (Å²) in [6.07, 6.45) is 2.58. The van der Waals surface area contributed by atoms with E-state index in [4.69, 9.17) is 0 Å². The number of likely N-dealkylation sites (tertiary alicyclic amines) is 1. The molecule has 1 aliphatic heterocycles. The van der Waals surface area contributed by atoms with Gasteiger partial charge in [0.15, 0.2) is 0 Å². The van der Waals surface area contributed by atoms with Gasteiger partial charge in [-0.2, -0.15) is 0 Å². The van der Waals surface area contributed by atoms with Crippen LogP contribution in [0, 0.1) is 0 Å². The molecule has 0 radical (unpaired) electrons.